The van der Waals surface area contributed by atoms with Crippen molar-refractivity contribution >= 4 is 34.4 Å². The molecule has 1 aliphatic carbocycles. The molecule has 7 aliphatic rings. The van der Waals surface area contributed by atoms with E-state index in [1.807, 2.05) is 37.3 Å². The molecule has 236 valence electrons. The molecule has 6 fully saturated rings. The van der Waals surface area contributed by atoms with E-state index in [1.54, 1.807) is 6.08 Å². The molecule has 0 saturated carbocycles. The number of benzene rings is 2. The molecular formula is C35H39ClFN5O3. The highest BCUT2D eigenvalue weighted by Crippen LogP contribution is 2.49. The third-order valence-electron chi connectivity index (χ3n) is 11.3. The van der Waals surface area contributed by atoms with Gasteiger partial charge in [0.1, 0.15) is 11.3 Å². The Labute approximate surface area is 267 Å². The summed E-state index contributed by atoms with van der Waals surface area (Å²) < 4.78 is 29.4. The fourth-order valence-electron chi connectivity index (χ4n) is 9.47. The summed E-state index contributed by atoms with van der Waals surface area (Å²) in [6.07, 6.45) is 9.34. The molecule has 0 amide bonds. The number of anilines is 1. The lowest BCUT2D eigenvalue weighted by Gasteiger charge is -2.37. The van der Waals surface area contributed by atoms with Gasteiger partial charge in [-0.15, -0.1) is 0 Å². The third kappa shape index (κ3) is 4.56. The highest BCUT2D eigenvalue weighted by atomic mass is 35.5. The van der Waals surface area contributed by atoms with Gasteiger partial charge < -0.3 is 24.8 Å². The summed E-state index contributed by atoms with van der Waals surface area (Å²) in [5.74, 6) is 0.380. The van der Waals surface area contributed by atoms with Crippen molar-refractivity contribution in [3.8, 4) is 6.01 Å². The lowest BCUT2D eigenvalue weighted by molar-refractivity contribution is 0.00285. The van der Waals surface area contributed by atoms with Crippen LogP contribution in [0.25, 0.3) is 17.0 Å². The summed E-state index contributed by atoms with van der Waals surface area (Å²) in [4.78, 5) is 14.5. The van der Waals surface area contributed by atoms with Crippen molar-refractivity contribution in [1.29, 1.82) is 0 Å². The Kier molecular flexibility index (Phi) is 6.61. The minimum atomic E-state index is -0.886. The minimum Gasteiger partial charge on any atom is -0.512 e. The number of piperazine rings is 1. The zero-order valence-corrected chi connectivity index (χ0v) is 26.3. The lowest BCUT2D eigenvalue weighted by atomic mass is 9.68. The smallest absolute Gasteiger partial charge is 0.319 e. The Balaban J connectivity index is 1.07. The molecule has 7 unspecified atom stereocenters. The Morgan fingerprint density at radius 2 is 1.98 bits per heavy atom. The monoisotopic (exact) mass is 631 g/mol. The van der Waals surface area contributed by atoms with Crippen LogP contribution in [0.15, 0.2) is 36.1 Å². The van der Waals surface area contributed by atoms with Crippen LogP contribution in [-0.2, 0) is 10.2 Å². The van der Waals surface area contributed by atoms with Crippen molar-refractivity contribution in [2.75, 3.05) is 31.1 Å². The quantitative estimate of drug-likeness (QED) is 0.319. The van der Waals surface area contributed by atoms with E-state index >= 15 is 4.39 Å². The predicted octanol–water partition coefficient (Wildman–Crippen LogP) is 5.74. The Bertz CT molecular complexity index is 1700. The van der Waals surface area contributed by atoms with Gasteiger partial charge in [0, 0.05) is 71.6 Å². The average Bonchev–Trinajstić information content (AvgIpc) is 3.59. The van der Waals surface area contributed by atoms with Gasteiger partial charge in [0.2, 0.25) is 0 Å². The fraction of sp³-hybridized carbons (Fsp3) is 0.543. The molecule has 2 N–H and O–H groups in total. The van der Waals surface area contributed by atoms with Crippen LogP contribution in [0.1, 0.15) is 68.6 Å². The summed E-state index contributed by atoms with van der Waals surface area (Å²) >= 11 is 7.01. The summed E-state index contributed by atoms with van der Waals surface area (Å²) in [5.41, 5.74) is 1.43. The van der Waals surface area contributed by atoms with Crippen molar-refractivity contribution in [3.63, 3.8) is 0 Å². The standard InChI is InChI=1S/C35H39ClFN5O3/c1-35(16-23(43)11-19-5-2-3-6-26(19)35)30-27(36)15-25-32(31(30)37)39-34(40-33(25)41-17-20-7-8-21(18-41)38-20)44-10-4-9-42-22-12-24-14-28(42)29(13-22)45-24/h2-3,5-6,11,15,20-22,24,28-29,38,43H,4,7-10,12-14,16-18H2,1H3. The first-order valence-corrected chi connectivity index (χ1v) is 17.0. The van der Waals surface area contributed by atoms with E-state index in [-0.39, 0.29) is 23.7 Å². The molecule has 3 aromatic rings. The van der Waals surface area contributed by atoms with Crippen molar-refractivity contribution < 1.29 is 19.0 Å². The topological polar surface area (TPSA) is 83.0 Å². The maximum absolute atomic E-state index is 17.1. The number of nitrogens with zero attached hydrogens (tertiary/aromatic N) is 4. The van der Waals surface area contributed by atoms with Gasteiger partial charge in [-0.3, -0.25) is 4.90 Å². The molecule has 10 heteroatoms. The molecule has 2 aromatic carbocycles. The van der Waals surface area contributed by atoms with Gasteiger partial charge in [-0.25, -0.2) is 4.39 Å². The van der Waals surface area contributed by atoms with Crippen molar-refractivity contribution in [1.82, 2.24) is 20.2 Å². The van der Waals surface area contributed by atoms with Crippen molar-refractivity contribution in [2.24, 2.45) is 0 Å². The number of allylic oxidation sites excluding steroid dienone is 1. The number of hydrogen-bond donors (Lipinski definition) is 2. The van der Waals surface area contributed by atoms with E-state index in [0.717, 1.165) is 69.3 Å². The number of aliphatic hydroxyl groups is 1. The second-order valence-corrected chi connectivity index (χ2v) is 14.6. The zero-order valence-electron chi connectivity index (χ0n) is 25.5. The van der Waals surface area contributed by atoms with Crippen LogP contribution in [0, 0.1) is 5.82 Å². The molecule has 10 rings (SSSR count). The molecule has 8 nitrogen and oxygen atoms in total. The van der Waals surface area contributed by atoms with Gasteiger partial charge in [0.05, 0.1) is 24.6 Å². The Morgan fingerprint density at radius 1 is 1.16 bits per heavy atom. The second-order valence-electron chi connectivity index (χ2n) is 14.2. The Morgan fingerprint density at radius 3 is 2.80 bits per heavy atom. The van der Waals surface area contributed by atoms with E-state index in [9.17, 15) is 5.11 Å². The van der Waals surface area contributed by atoms with Crippen molar-refractivity contribution in [2.45, 2.75) is 93.7 Å². The summed E-state index contributed by atoms with van der Waals surface area (Å²) in [6.45, 7) is 4.92. The van der Waals surface area contributed by atoms with Crippen LogP contribution in [-0.4, -0.2) is 82.6 Å². The van der Waals surface area contributed by atoms with Gasteiger partial charge in [0.25, 0.3) is 0 Å². The first-order valence-electron chi connectivity index (χ1n) is 16.6. The summed E-state index contributed by atoms with van der Waals surface area (Å²) in [7, 11) is 0. The van der Waals surface area contributed by atoms with Gasteiger partial charge >= 0.3 is 6.01 Å². The van der Waals surface area contributed by atoms with Gasteiger partial charge in [-0.1, -0.05) is 42.8 Å². The predicted molar refractivity (Wildman–Crippen MR) is 172 cm³/mol. The molecular weight excluding hydrogens is 593 g/mol. The fourth-order valence-corrected chi connectivity index (χ4v) is 9.87. The largest absolute Gasteiger partial charge is 0.512 e. The van der Waals surface area contributed by atoms with E-state index < -0.39 is 11.2 Å². The highest BCUT2D eigenvalue weighted by molar-refractivity contribution is 6.32. The number of hydrogen-bond acceptors (Lipinski definition) is 8. The van der Waals surface area contributed by atoms with E-state index in [2.05, 4.69) is 15.1 Å². The van der Waals surface area contributed by atoms with E-state index in [1.165, 1.54) is 0 Å². The maximum atomic E-state index is 17.1. The van der Waals surface area contributed by atoms with Crippen LogP contribution < -0.4 is 15.0 Å². The van der Waals surface area contributed by atoms with Crippen LogP contribution in [0.5, 0.6) is 6.01 Å². The van der Waals surface area contributed by atoms with E-state index in [4.69, 9.17) is 31.0 Å². The molecule has 6 aliphatic heterocycles. The zero-order chi connectivity index (χ0) is 30.4. The molecule has 45 heavy (non-hydrogen) atoms. The average molecular weight is 632 g/mol. The van der Waals surface area contributed by atoms with Gasteiger partial charge in [-0.05, 0) is 61.8 Å². The lowest BCUT2D eigenvalue weighted by Crippen LogP contribution is -2.51. The minimum absolute atomic E-state index is 0.194. The number of aliphatic hydroxyl groups excluding tert-OH is 1. The van der Waals surface area contributed by atoms with Crippen molar-refractivity contribution in [3.05, 3.63) is 63.6 Å². The third-order valence-corrected chi connectivity index (χ3v) is 11.6. The van der Waals surface area contributed by atoms with Gasteiger partial charge in [-0.2, -0.15) is 9.97 Å². The molecule has 7 heterocycles. The number of rotatable bonds is 7. The Hall–Kier alpha value is -2.98. The number of ether oxygens (including phenoxy) is 2. The highest BCUT2D eigenvalue weighted by Gasteiger charge is 2.53. The number of nitrogens with one attached hydrogen (secondary N) is 1. The summed E-state index contributed by atoms with van der Waals surface area (Å²) in [5, 5.41) is 15.3. The SMILES string of the molecule is CC1(c2c(Cl)cc3c(N4CC5CCC(C4)N5)nc(OCCCN4C5CC6CC4C(C5)O6)nc3c2F)CC(O)=Cc2ccccc21. The second kappa shape index (κ2) is 10.5. The number of aromatic nitrogens is 2. The van der Waals surface area contributed by atoms with E-state index in [0.29, 0.717) is 64.8 Å². The van der Waals surface area contributed by atoms with Crippen LogP contribution in [0.4, 0.5) is 10.2 Å². The molecule has 0 radical (unpaired) electrons. The summed E-state index contributed by atoms with van der Waals surface area (Å²) in [6, 6.07) is 11.7. The molecule has 6 saturated heterocycles. The first-order chi connectivity index (χ1) is 21.8. The molecule has 0 spiro atoms. The van der Waals surface area contributed by atoms with Crippen LogP contribution >= 0.6 is 11.6 Å². The number of piperidine rings is 1. The maximum Gasteiger partial charge on any atom is 0.319 e. The normalized spacial score (nSPS) is 33.2. The van der Waals surface area contributed by atoms with Crippen LogP contribution in [0.2, 0.25) is 5.02 Å². The number of fused-ring (bicyclic) bond motifs is 4. The molecule has 1 aromatic heterocycles. The van der Waals surface area contributed by atoms with Gasteiger partial charge in [0.15, 0.2) is 5.82 Å². The first kappa shape index (κ1) is 28.3. The number of halogens is 2. The molecule has 6 bridgehead atoms. The molecule has 7 atom stereocenters. The van der Waals surface area contributed by atoms with Crippen LogP contribution in [0.3, 0.4) is 0 Å².